The summed E-state index contributed by atoms with van der Waals surface area (Å²) in [5.41, 5.74) is 0. The molecule has 1 aliphatic rings. The number of piperidine rings is 1. The van der Waals surface area contributed by atoms with Crippen LogP contribution in [0, 0.1) is 17.8 Å². The first-order chi connectivity index (χ1) is 7.52. The third kappa shape index (κ3) is 3.78. The highest BCUT2D eigenvalue weighted by Crippen LogP contribution is 2.17. The Morgan fingerprint density at radius 3 is 2.25 bits per heavy atom. The van der Waals surface area contributed by atoms with Crippen molar-refractivity contribution < 1.29 is 4.79 Å². The summed E-state index contributed by atoms with van der Waals surface area (Å²) in [6.07, 6.45) is 2.36. The van der Waals surface area contributed by atoms with Crippen LogP contribution >= 0.6 is 0 Å². The Hall–Kier alpha value is -0.570. The van der Waals surface area contributed by atoms with Crippen LogP contribution in [0.2, 0.25) is 0 Å². The van der Waals surface area contributed by atoms with Crippen molar-refractivity contribution in [1.29, 1.82) is 0 Å². The summed E-state index contributed by atoms with van der Waals surface area (Å²) in [4.78, 5) is 11.9. The third-order valence-electron chi connectivity index (χ3n) is 3.87. The van der Waals surface area contributed by atoms with Crippen LogP contribution in [0.15, 0.2) is 0 Å². The van der Waals surface area contributed by atoms with Crippen molar-refractivity contribution in [3.8, 4) is 0 Å². The van der Waals surface area contributed by atoms with Gasteiger partial charge in [0.2, 0.25) is 5.91 Å². The molecular formula is C13H26N2O. The predicted molar refractivity (Wildman–Crippen MR) is 67.2 cm³/mol. The van der Waals surface area contributed by atoms with Crippen molar-refractivity contribution in [2.75, 3.05) is 13.1 Å². The van der Waals surface area contributed by atoms with Crippen molar-refractivity contribution in [1.82, 2.24) is 10.6 Å². The SMILES string of the molecule is CC(C)C(C)C(=O)NC(C)C1CCNCC1. The topological polar surface area (TPSA) is 41.1 Å². The molecule has 2 unspecified atom stereocenters. The summed E-state index contributed by atoms with van der Waals surface area (Å²) >= 11 is 0. The number of hydrogen-bond donors (Lipinski definition) is 2. The van der Waals surface area contributed by atoms with E-state index in [9.17, 15) is 4.79 Å². The van der Waals surface area contributed by atoms with E-state index in [-0.39, 0.29) is 11.8 Å². The van der Waals surface area contributed by atoms with Gasteiger partial charge in [0.1, 0.15) is 0 Å². The molecule has 1 heterocycles. The lowest BCUT2D eigenvalue weighted by Gasteiger charge is -2.30. The minimum Gasteiger partial charge on any atom is -0.353 e. The van der Waals surface area contributed by atoms with Crippen molar-refractivity contribution in [3.63, 3.8) is 0 Å². The molecule has 0 saturated carbocycles. The molecule has 0 aromatic heterocycles. The Morgan fingerprint density at radius 1 is 1.19 bits per heavy atom. The zero-order valence-electron chi connectivity index (χ0n) is 11.0. The first kappa shape index (κ1) is 13.5. The van der Waals surface area contributed by atoms with Gasteiger partial charge in [0, 0.05) is 12.0 Å². The van der Waals surface area contributed by atoms with E-state index in [1.807, 2.05) is 6.92 Å². The fourth-order valence-electron chi connectivity index (χ4n) is 2.12. The van der Waals surface area contributed by atoms with Crippen molar-refractivity contribution in [2.24, 2.45) is 17.8 Å². The Bertz CT molecular complexity index is 222. The molecule has 0 spiro atoms. The highest BCUT2D eigenvalue weighted by Gasteiger charge is 2.24. The van der Waals surface area contributed by atoms with Gasteiger partial charge in [-0.2, -0.15) is 0 Å². The molecule has 2 N–H and O–H groups in total. The maximum absolute atomic E-state index is 11.9. The number of carbonyl (C=O) groups excluding carboxylic acids is 1. The van der Waals surface area contributed by atoms with E-state index in [0.717, 1.165) is 13.1 Å². The third-order valence-corrected chi connectivity index (χ3v) is 3.87. The largest absolute Gasteiger partial charge is 0.353 e. The van der Waals surface area contributed by atoms with E-state index in [1.165, 1.54) is 12.8 Å². The minimum absolute atomic E-state index is 0.115. The highest BCUT2D eigenvalue weighted by molar-refractivity contribution is 5.78. The smallest absolute Gasteiger partial charge is 0.223 e. The second-order valence-corrected chi connectivity index (χ2v) is 5.42. The van der Waals surface area contributed by atoms with Gasteiger partial charge in [-0.05, 0) is 44.7 Å². The Balaban J connectivity index is 2.37. The van der Waals surface area contributed by atoms with Gasteiger partial charge in [-0.25, -0.2) is 0 Å². The van der Waals surface area contributed by atoms with Gasteiger partial charge in [-0.3, -0.25) is 4.79 Å². The number of amides is 1. The summed E-state index contributed by atoms with van der Waals surface area (Å²) in [6, 6.07) is 0.316. The molecule has 0 bridgehead atoms. The summed E-state index contributed by atoms with van der Waals surface area (Å²) < 4.78 is 0. The monoisotopic (exact) mass is 226 g/mol. The average molecular weight is 226 g/mol. The minimum atomic E-state index is 0.115. The van der Waals surface area contributed by atoms with E-state index in [1.54, 1.807) is 0 Å². The maximum atomic E-state index is 11.9. The quantitative estimate of drug-likeness (QED) is 0.767. The molecule has 0 aliphatic carbocycles. The molecule has 3 nitrogen and oxygen atoms in total. The van der Waals surface area contributed by atoms with E-state index in [2.05, 4.69) is 31.4 Å². The van der Waals surface area contributed by atoms with Crippen LogP contribution in [0.25, 0.3) is 0 Å². The molecule has 1 saturated heterocycles. The zero-order chi connectivity index (χ0) is 12.1. The van der Waals surface area contributed by atoms with Crippen molar-refractivity contribution >= 4 is 5.91 Å². The summed E-state index contributed by atoms with van der Waals surface area (Å²) in [5.74, 6) is 1.38. The van der Waals surface area contributed by atoms with Gasteiger partial charge in [0.05, 0.1) is 0 Å². The van der Waals surface area contributed by atoms with E-state index >= 15 is 0 Å². The van der Waals surface area contributed by atoms with E-state index in [4.69, 9.17) is 0 Å². The van der Waals surface area contributed by atoms with Crippen molar-refractivity contribution in [2.45, 2.75) is 46.6 Å². The number of rotatable bonds is 4. The molecule has 1 amide bonds. The van der Waals surface area contributed by atoms with Gasteiger partial charge in [-0.1, -0.05) is 20.8 Å². The molecule has 0 aromatic rings. The van der Waals surface area contributed by atoms with E-state index < -0.39 is 0 Å². The molecule has 2 atom stereocenters. The van der Waals surface area contributed by atoms with Gasteiger partial charge in [-0.15, -0.1) is 0 Å². The van der Waals surface area contributed by atoms with Crippen LogP contribution in [0.5, 0.6) is 0 Å². The molecule has 94 valence electrons. The molecular weight excluding hydrogens is 200 g/mol. The number of nitrogens with one attached hydrogen (secondary N) is 2. The normalized spacial score (nSPS) is 21.8. The molecule has 0 radical (unpaired) electrons. The van der Waals surface area contributed by atoms with Crippen LogP contribution in [0.4, 0.5) is 0 Å². The lowest BCUT2D eigenvalue weighted by Crippen LogP contribution is -2.45. The Morgan fingerprint density at radius 2 is 1.75 bits per heavy atom. The standard InChI is InChI=1S/C13H26N2O/c1-9(2)10(3)13(16)15-11(4)12-5-7-14-8-6-12/h9-12,14H,5-8H2,1-4H3,(H,15,16). The van der Waals surface area contributed by atoms with E-state index in [0.29, 0.717) is 17.9 Å². The zero-order valence-corrected chi connectivity index (χ0v) is 11.0. The second kappa shape index (κ2) is 6.24. The Kier molecular flexibility index (Phi) is 5.26. The fraction of sp³-hybridized carbons (Fsp3) is 0.923. The lowest BCUT2D eigenvalue weighted by molar-refractivity contribution is -0.126. The molecule has 1 rings (SSSR count). The van der Waals surface area contributed by atoms with Crippen LogP contribution in [0.1, 0.15) is 40.5 Å². The highest BCUT2D eigenvalue weighted by atomic mass is 16.1. The van der Waals surface area contributed by atoms with Crippen LogP contribution in [0.3, 0.4) is 0 Å². The molecule has 16 heavy (non-hydrogen) atoms. The first-order valence-electron chi connectivity index (χ1n) is 6.53. The maximum Gasteiger partial charge on any atom is 0.223 e. The second-order valence-electron chi connectivity index (χ2n) is 5.42. The summed E-state index contributed by atoms with van der Waals surface area (Å²) in [5, 5.41) is 6.52. The summed E-state index contributed by atoms with van der Waals surface area (Å²) in [7, 11) is 0. The average Bonchev–Trinajstić information content (AvgIpc) is 2.28. The van der Waals surface area contributed by atoms with Crippen LogP contribution in [-0.4, -0.2) is 25.0 Å². The van der Waals surface area contributed by atoms with Gasteiger partial charge in [0.15, 0.2) is 0 Å². The predicted octanol–water partition coefficient (Wildman–Crippen LogP) is 1.78. The van der Waals surface area contributed by atoms with Crippen LogP contribution < -0.4 is 10.6 Å². The summed E-state index contributed by atoms with van der Waals surface area (Å²) in [6.45, 7) is 10.5. The number of hydrogen-bond acceptors (Lipinski definition) is 2. The van der Waals surface area contributed by atoms with Crippen LogP contribution in [-0.2, 0) is 4.79 Å². The van der Waals surface area contributed by atoms with Crippen molar-refractivity contribution in [3.05, 3.63) is 0 Å². The van der Waals surface area contributed by atoms with Gasteiger partial charge < -0.3 is 10.6 Å². The number of carbonyl (C=O) groups is 1. The lowest BCUT2D eigenvalue weighted by atomic mass is 9.90. The molecule has 1 fully saturated rings. The van der Waals surface area contributed by atoms with Gasteiger partial charge >= 0.3 is 0 Å². The fourth-order valence-corrected chi connectivity index (χ4v) is 2.12. The molecule has 1 aliphatic heterocycles. The Labute approximate surface area is 99.4 Å². The molecule has 0 aromatic carbocycles. The van der Waals surface area contributed by atoms with Gasteiger partial charge in [0.25, 0.3) is 0 Å². The first-order valence-corrected chi connectivity index (χ1v) is 6.53. The molecule has 3 heteroatoms.